The number of aromatic hydroxyl groups is 1. The smallest absolute Gasteiger partial charge is 0.338 e. The maximum Gasteiger partial charge on any atom is 0.338 e. The Morgan fingerprint density at radius 1 is 1.33 bits per heavy atom. The Morgan fingerprint density at radius 3 is 2.95 bits per heavy atom. The fourth-order valence-electron chi connectivity index (χ4n) is 2.10. The van der Waals surface area contributed by atoms with Crippen LogP contribution in [0.5, 0.6) is 5.75 Å². The average molecular weight is 283 g/mol. The van der Waals surface area contributed by atoms with E-state index in [9.17, 15) is 9.90 Å². The molecular weight excluding hydrogens is 270 g/mol. The number of esters is 1. The van der Waals surface area contributed by atoms with Crippen LogP contribution in [0.4, 0.5) is 0 Å². The zero-order valence-corrected chi connectivity index (χ0v) is 11.4. The maximum atomic E-state index is 11.5. The van der Waals surface area contributed by atoms with Gasteiger partial charge in [-0.25, -0.2) is 14.3 Å². The minimum absolute atomic E-state index is 0.212. The number of ether oxygens (including phenoxy) is 1. The van der Waals surface area contributed by atoms with Gasteiger partial charge < -0.3 is 9.84 Å². The molecule has 0 spiro atoms. The number of fused-ring (bicyclic) bond motifs is 1. The number of hydrogen-bond donors (Lipinski definition) is 1. The van der Waals surface area contributed by atoms with Crippen LogP contribution in [0.3, 0.4) is 0 Å². The average Bonchev–Trinajstić information content (AvgIpc) is 2.87. The molecule has 3 aromatic rings. The largest absolute Gasteiger partial charge is 0.508 e. The molecule has 0 amide bonds. The maximum absolute atomic E-state index is 11.5. The highest BCUT2D eigenvalue weighted by Crippen LogP contribution is 2.14. The second-order valence-corrected chi connectivity index (χ2v) is 4.58. The summed E-state index contributed by atoms with van der Waals surface area (Å²) in [6.07, 6.45) is 2.17. The number of rotatable bonds is 3. The number of phenols is 1. The first-order valence-electron chi connectivity index (χ1n) is 6.37. The topological polar surface area (TPSA) is 76.7 Å². The molecule has 0 saturated carbocycles. The summed E-state index contributed by atoms with van der Waals surface area (Å²) in [6, 6.07) is 10.2. The molecule has 0 radical (unpaired) electrons. The summed E-state index contributed by atoms with van der Waals surface area (Å²) in [5.74, 6) is 0.418. The summed E-state index contributed by atoms with van der Waals surface area (Å²) in [4.78, 5) is 15.9. The lowest BCUT2D eigenvalue weighted by Gasteiger charge is -1.97. The zero-order valence-electron chi connectivity index (χ0n) is 11.4. The van der Waals surface area contributed by atoms with Crippen LogP contribution in [-0.4, -0.2) is 32.8 Å². The first kappa shape index (κ1) is 13.1. The Kier molecular flexibility index (Phi) is 3.27. The van der Waals surface area contributed by atoms with Crippen LogP contribution in [0.1, 0.15) is 21.7 Å². The third-order valence-electron chi connectivity index (χ3n) is 3.08. The molecule has 0 unspecified atom stereocenters. The standard InChI is InChI=1S/C15H13N3O3/c1-21-15(20)11-5-6-18-14(9-11)16-13(17-18)8-10-3-2-4-12(19)7-10/h2-7,9,19H,8H2,1H3. The first-order chi connectivity index (χ1) is 10.2. The Bertz CT molecular complexity index is 811. The van der Waals surface area contributed by atoms with Crippen LogP contribution in [-0.2, 0) is 11.2 Å². The molecule has 6 heteroatoms. The third kappa shape index (κ3) is 2.69. The van der Waals surface area contributed by atoms with E-state index < -0.39 is 5.97 Å². The van der Waals surface area contributed by atoms with Gasteiger partial charge in [-0.3, -0.25) is 0 Å². The highest BCUT2D eigenvalue weighted by molar-refractivity contribution is 5.90. The molecule has 2 aromatic heterocycles. The number of hydrogen-bond acceptors (Lipinski definition) is 5. The summed E-state index contributed by atoms with van der Waals surface area (Å²) in [7, 11) is 1.34. The van der Waals surface area contributed by atoms with E-state index >= 15 is 0 Å². The molecule has 1 aromatic carbocycles. The summed E-state index contributed by atoms with van der Waals surface area (Å²) < 4.78 is 6.28. The fourth-order valence-corrected chi connectivity index (χ4v) is 2.10. The number of aromatic nitrogens is 3. The quantitative estimate of drug-likeness (QED) is 0.742. The molecule has 2 heterocycles. The normalized spacial score (nSPS) is 10.7. The van der Waals surface area contributed by atoms with Crippen molar-refractivity contribution in [3.8, 4) is 5.75 Å². The first-order valence-corrected chi connectivity index (χ1v) is 6.37. The third-order valence-corrected chi connectivity index (χ3v) is 3.08. The number of methoxy groups -OCH3 is 1. The van der Waals surface area contributed by atoms with Gasteiger partial charge in [0, 0.05) is 12.6 Å². The van der Waals surface area contributed by atoms with E-state index in [0.29, 0.717) is 23.5 Å². The lowest BCUT2D eigenvalue weighted by Crippen LogP contribution is -2.02. The highest BCUT2D eigenvalue weighted by atomic mass is 16.5. The second-order valence-electron chi connectivity index (χ2n) is 4.58. The highest BCUT2D eigenvalue weighted by Gasteiger charge is 2.10. The van der Waals surface area contributed by atoms with Crippen LogP contribution >= 0.6 is 0 Å². The lowest BCUT2D eigenvalue weighted by atomic mass is 10.1. The van der Waals surface area contributed by atoms with Crippen LogP contribution in [0, 0.1) is 0 Å². The van der Waals surface area contributed by atoms with Gasteiger partial charge in [0.05, 0.1) is 12.7 Å². The van der Waals surface area contributed by atoms with Gasteiger partial charge in [0.2, 0.25) is 0 Å². The zero-order chi connectivity index (χ0) is 14.8. The van der Waals surface area contributed by atoms with E-state index in [4.69, 9.17) is 0 Å². The van der Waals surface area contributed by atoms with Crippen molar-refractivity contribution in [2.75, 3.05) is 7.11 Å². The van der Waals surface area contributed by atoms with E-state index in [-0.39, 0.29) is 5.75 Å². The number of carbonyl (C=O) groups is 1. The monoisotopic (exact) mass is 283 g/mol. The van der Waals surface area contributed by atoms with Crippen LogP contribution < -0.4 is 0 Å². The lowest BCUT2D eigenvalue weighted by molar-refractivity contribution is 0.0600. The summed E-state index contributed by atoms with van der Waals surface area (Å²) in [6.45, 7) is 0. The minimum Gasteiger partial charge on any atom is -0.508 e. The summed E-state index contributed by atoms with van der Waals surface area (Å²) in [5.41, 5.74) is 1.92. The predicted octanol–water partition coefficient (Wildman–Crippen LogP) is 1.81. The number of phenolic OH excluding ortho intramolecular Hbond substituents is 1. The molecule has 3 rings (SSSR count). The van der Waals surface area contributed by atoms with E-state index in [1.54, 1.807) is 41.0 Å². The van der Waals surface area contributed by atoms with Crippen molar-refractivity contribution in [1.82, 2.24) is 14.6 Å². The Morgan fingerprint density at radius 2 is 2.19 bits per heavy atom. The van der Waals surface area contributed by atoms with Gasteiger partial charge in [0.15, 0.2) is 11.5 Å². The minimum atomic E-state index is -0.407. The van der Waals surface area contributed by atoms with Crippen LogP contribution in [0.2, 0.25) is 0 Å². The molecule has 0 saturated heterocycles. The fraction of sp³-hybridized carbons (Fsp3) is 0.133. The second kappa shape index (κ2) is 5.24. The van der Waals surface area contributed by atoms with Crippen molar-refractivity contribution >= 4 is 11.6 Å². The molecule has 0 aliphatic heterocycles. The van der Waals surface area contributed by atoms with Gasteiger partial charge >= 0.3 is 5.97 Å². The van der Waals surface area contributed by atoms with Crippen molar-refractivity contribution in [2.45, 2.75) is 6.42 Å². The Hall–Kier alpha value is -2.89. The molecule has 0 fully saturated rings. The van der Waals surface area contributed by atoms with Crippen molar-refractivity contribution < 1.29 is 14.6 Å². The summed E-state index contributed by atoms with van der Waals surface area (Å²) >= 11 is 0. The number of pyridine rings is 1. The van der Waals surface area contributed by atoms with Gasteiger partial charge in [0.1, 0.15) is 5.75 Å². The molecule has 106 valence electrons. The molecule has 21 heavy (non-hydrogen) atoms. The predicted molar refractivity (Wildman–Crippen MR) is 75.2 cm³/mol. The molecular formula is C15H13N3O3. The van der Waals surface area contributed by atoms with Gasteiger partial charge in [-0.1, -0.05) is 12.1 Å². The number of nitrogens with zero attached hydrogens (tertiary/aromatic N) is 3. The Balaban J connectivity index is 1.92. The van der Waals surface area contributed by atoms with Crippen LogP contribution in [0.25, 0.3) is 5.65 Å². The van der Waals surface area contributed by atoms with Gasteiger partial charge in [0.25, 0.3) is 0 Å². The number of benzene rings is 1. The van der Waals surface area contributed by atoms with Gasteiger partial charge in [-0.05, 0) is 29.8 Å². The Labute approximate surface area is 120 Å². The number of carbonyl (C=O) groups excluding carboxylic acids is 1. The van der Waals surface area contributed by atoms with E-state index in [0.717, 1.165) is 5.56 Å². The molecule has 0 aliphatic rings. The van der Waals surface area contributed by atoms with Gasteiger partial charge in [-0.15, -0.1) is 0 Å². The van der Waals surface area contributed by atoms with Crippen molar-refractivity contribution in [2.24, 2.45) is 0 Å². The summed E-state index contributed by atoms with van der Waals surface area (Å²) in [5, 5.41) is 13.8. The molecule has 1 N–H and O–H groups in total. The van der Waals surface area contributed by atoms with Crippen LogP contribution in [0.15, 0.2) is 42.6 Å². The molecule has 0 bridgehead atoms. The van der Waals surface area contributed by atoms with Crippen molar-refractivity contribution in [3.63, 3.8) is 0 Å². The SMILES string of the molecule is COC(=O)c1ccn2nc(Cc3cccc(O)c3)nc2c1. The molecule has 0 atom stereocenters. The van der Waals surface area contributed by atoms with E-state index in [1.807, 2.05) is 6.07 Å². The van der Waals surface area contributed by atoms with Crippen molar-refractivity contribution in [1.29, 1.82) is 0 Å². The van der Waals surface area contributed by atoms with E-state index in [2.05, 4.69) is 14.8 Å². The molecule has 6 nitrogen and oxygen atoms in total. The van der Waals surface area contributed by atoms with Gasteiger partial charge in [-0.2, -0.15) is 5.10 Å². The van der Waals surface area contributed by atoms with E-state index in [1.165, 1.54) is 7.11 Å². The molecule has 0 aliphatic carbocycles. The van der Waals surface area contributed by atoms with Crippen molar-refractivity contribution in [3.05, 3.63) is 59.5 Å².